The molecule has 10 heteroatoms. The molecule has 0 spiro atoms. The third-order valence-corrected chi connectivity index (χ3v) is 6.49. The number of ether oxygens (including phenoxy) is 1. The summed E-state index contributed by atoms with van der Waals surface area (Å²) in [5, 5.41) is 7.97. The monoisotopic (exact) mass is 452 g/mol. The number of anilines is 2. The maximum absolute atomic E-state index is 5.90. The number of nitrogens with two attached hydrogens (primary N) is 2. The van der Waals surface area contributed by atoms with Crippen molar-refractivity contribution in [2.24, 2.45) is 16.8 Å². The van der Waals surface area contributed by atoms with E-state index in [1.165, 1.54) is 11.3 Å². The van der Waals surface area contributed by atoms with Crippen molar-refractivity contribution in [1.82, 2.24) is 15.0 Å². The van der Waals surface area contributed by atoms with Crippen molar-refractivity contribution in [1.29, 1.82) is 0 Å². The maximum atomic E-state index is 5.90. The van der Waals surface area contributed by atoms with Crippen molar-refractivity contribution in [3.63, 3.8) is 0 Å². The van der Waals surface area contributed by atoms with Crippen molar-refractivity contribution in [3.05, 3.63) is 58.3 Å². The second-order valence-corrected chi connectivity index (χ2v) is 8.55. The van der Waals surface area contributed by atoms with Gasteiger partial charge in [-0.15, -0.1) is 11.3 Å². The molecular weight excluding hydrogens is 424 g/mol. The molecule has 0 radical (unpaired) electrons. The minimum atomic E-state index is 0.385. The Bertz CT molecular complexity index is 1020. The maximum Gasteiger partial charge on any atom is 0.225 e. The first kappa shape index (κ1) is 22.0. The minimum absolute atomic E-state index is 0.385. The van der Waals surface area contributed by atoms with Gasteiger partial charge in [0.25, 0.3) is 0 Å². The molecular formula is C22H28N8OS. The predicted octanol–water partition coefficient (Wildman–Crippen LogP) is 3.04. The first-order valence-electron chi connectivity index (χ1n) is 10.7. The normalized spacial score (nSPS) is 16.4. The van der Waals surface area contributed by atoms with Crippen molar-refractivity contribution in [2.45, 2.75) is 38.7 Å². The topological polar surface area (TPSA) is 119 Å². The summed E-state index contributed by atoms with van der Waals surface area (Å²) in [6.45, 7) is 4.41. The Morgan fingerprint density at radius 1 is 1.28 bits per heavy atom. The molecule has 1 saturated heterocycles. The number of nitrogens with zero attached hydrogens (tertiary/aromatic N) is 6. The van der Waals surface area contributed by atoms with Gasteiger partial charge in [0.2, 0.25) is 5.95 Å². The quantitative estimate of drug-likeness (QED) is 0.232. The average molecular weight is 453 g/mol. The number of rotatable bonds is 8. The Morgan fingerprint density at radius 3 is 2.78 bits per heavy atom. The standard InChI is InChI=1S/C22H28N8OS/c1-2-16-10-25-22(26-11-16)29-9-3-4-17(12-29)21-28-18(14-32-21)13-31-20-7-5-19(6-8-20)30(24)15-27-23/h5-8,10-11,14-15,17H,2-4,9,12-13,23-24H2,1H3/b27-15-. The second-order valence-electron chi connectivity index (χ2n) is 7.66. The summed E-state index contributed by atoms with van der Waals surface area (Å²) in [5.41, 5.74) is 2.86. The molecule has 2 aromatic heterocycles. The van der Waals surface area contributed by atoms with Gasteiger partial charge >= 0.3 is 0 Å². The second kappa shape index (κ2) is 10.4. The molecule has 1 aliphatic heterocycles. The van der Waals surface area contributed by atoms with E-state index in [4.69, 9.17) is 21.4 Å². The Balaban J connectivity index is 1.34. The lowest BCUT2D eigenvalue weighted by atomic mass is 9.99. The van der Waals surface area contributed by atoms with Crippen LogP contribution in [0.5, 0.6) is 5.75 Å². The van der Waals surface area contributed by atoms with Crippen molar-refractivity contribution < 1.29 is 4.74 Å². The SMILES string of the molecule is CCc1cnc(N2CCCC(c3nc(COc4ccc(N(N)/C=N\N)cc4)cs3)C2)nc1. The van der Waals surface area contributed by atoms with Crippen LogP contribution in [0, 0.1) is 0 Å². The summed E-state index contributed by atoms with van der Waals surface area (Å²) in [4.78, 5) is 16.2. The summed E-state index contributed by atoms with van der Waals surface area (Å²) in [5.74, 6) is 12.9. The highest BCUT2D eigenvalue weighted by molar-refractivity contribution is 7.09. The van der Waals surface area contributed by atoms with Crippen LogP contribution < -0.4 is 26.3 Å². The zero-order valence-electron chi connectivity index (χ0n) is 18.1. The van der Waals surface area contributed by atoms with Crippen LogP contribution in [-0.2, 0) is 13.0 Å². The number of benzene rings is 1. The van der Waals surface area contributed by atoms with E-state index in [0.29, 0.717) is 12.5 Å². The molecule has 3 heterocycles. The molecule has 0 amide bonds. The van der Waals surface area contributed by atoms with Gasteiger partial charge in [0.1, 0.15) is 18.7 Å². The summed E-state index contributed by atoms with van der Waals surface area (Å²) >= 11 is 1.70. The number of aromatic nitrogens is 3. The van der Waals surface area contributed by atoms with Gasteiger partial charge in [-0.2, -0.15) is 5.10 Å². The lowest BCUT2D eigenvalue weighted by molar-refractivity contribution is 0.301. The van der Waals surface area contributed by atoms with E-state index < -0.39 is 0 Å². The lowest BCUT2D eigenvalue weighted by Gasteiger charge is -2.31. The molecule has 168 valence electrons. The fraction of sp³-hybridized carbons (Fsp3) is 0.364. The molecule has 1 atom stereocenters. The number of hydrogen-bond donors (Lipinski definition) is 2. The Kier molecular flexibility index (Phi) is 7.13. The van der Waals surface area contributed by atoms with Gasteiger partial charge in [0, 0.05) is 36.8 Å². The molecule has 4 rings (SSSR count). The van der Waals surface area contributed by atoms with Crippen LogP contribution in [0.2, 0.25) is 0 Å². The molecule has 1 fully saturated rings. The first-order chi connectivity index (χ1) is 15.7. The van der Waals surface area contributed by atoms with E-state index in [9.17, 15) is 0 Å². The zero-order valence-corrected chi connectivity index (χ0v) is 18.9. The van der Waals surface area contributed by atoms with E-state index in [1.54, 1.807) is 11.3 Å². The van der Waals surface area contributed by atoms with Crippen molar-refractivity contribution in [3.8, 4) is 5.75 Å². The molecule has 0 bridgehead atoms. The van der Waals surface area contributed by atoms with Gasteiger partial charge in [-0.1, -0.05) is 6.92 Å². The first-order valence-corrected chi connectivity index (χ1v) is 11.5. The summed E-state index contributed by atoms with van der Waals surface area (Å²) in [6, 6.07) is 7.40. The van der Waals surface area contributed by atoms with Gasteiger partial charge in [0.15, 0.2) is 0 Å². The molecule has 3 aromatic rings. The highest BCUT2D eigenvalue weighted by Crippen LogP contribution is 2.31. The van der Waals surface area contributed by atoms with Crippen LogP contribution >= 0.6 is 11.3 Å². The van der Waals surface area contributed by atoms with Gasteiger partial charge < -0.3 is 15.5 Å². The van der Waals surface area contributed by atoms with Crippen LogP contribution in [0.25, 0.3) is 0 Å². The minimum Gasteiger partial charge on any atom is -0.487 e. The lowest BCUT2D eigenvalue weighted by Crippen LogP contribution is -2.35. The highest BCUT2D eigenvalue weighted by atomic mass is 32.1. The van der Waals surface area contributed by atoms with Gasteiger partial charge in [-0.25, -0.2) is 20.8 Å². The van der Waals surface area contributed by atoms with Crippen LogP contribution in [0.1, 0.15) is 41.9 Å². The summed E-state index contributed by atoms with van der Waals surface area (Å²) < 4.78 is 5.90. The van der Waals surface area contributed by atoms with Gasteiger partial charge in [-0.3, -0.25) is 5.01 Å². The molecule has 32 heavy (non-hydrogen) atoms. The molecule has 0 aliphatic carbocycles. The van der Waals surface area contributed by atoms with E-state index in [1.807, 2.05) is 36.7 Å². The number of hydrazone groups is 1. The van der Waals surface area contributed by atoms with E-state index >= 15 is 0 Å². The number of thiazole rings is 1. The summed E-state index contributed by atoms with van der Waals surface area (Å²) in [6.07, 6.45) is 8.37. The number of hydrazine groups is 1. The van der Waals surface area contributed by atoms with Gasteiger partial charge in [-0.05, 0) is 49.1 Å². The Morgan fingerprint density at radius 2 is 2.06 bits per heavy atom. The van der Waals surface area contributed by atoms with Crippen LogP contribution in [0.4, 0.5) is 11.6 Å². The molecule has 1 aromatic carbocycles. The average Bonchev–Trinajstić information content (AvgIpc) is 3.32. The molecule has 9 nitrogen and oxygen atoms in total. The molecule has 1 aliphatic rings. The third-order valence-electron chi connectivity index (χ3n) is 5.44. The van der Waals surface area contributed by atoms with Crippen LogP contribution in [0.3, 0.4) is 0 Å². The van der Waals surface area contributed by atoms with Crippen molar-refractivity contribution >= 4 is 29.3 Å². The third kappa shape index (κ3) is 5.32. The van der Waals surface area contributed by atoms with Crippen LogP contribution in [-0.4, -0.2) is 34.4 Å². The Labute approximate surface area is 191 Å². The molecule has 0 saturated carbocycles. The number of hydrogen-bond acceptors (Lipinski definition) is 9. The van der Waals surface area contributed by atoms with E-state index in [2.05, 4.69) is 32.3 Å². The highest BCUT2D eigenvalue weighted by Gasteiger charge is 2.25. The molecule has 1 unspecified atom stereocenters. The number of aryl methyl sites for hydroxylation is 1. The van der Waals surface area contributed by atoms with Crippen molar-refractivity contribution in [2.75, 3.05) is 23.0 Å². The van der Waals surface area contributed by atoms with Gasteiger partial charge in [0.05, 0.1) is 16.4 Å². The fourth-order valence-corrected chi connectivity index (χ4v) is 4.57. The van der Waals surface area contributed by atoms with E-state index in [-0.39, 0.29) is 0 Å². The smallest absolute Gasteiger partial charge is 0.225 e. The number of piperidine rings is 1. The summed E-state index contributed by atoms with van der Waals surface area (Å²) in [7, 11) is 0. The predicted molar refractivity (Wildman–Crippen MR) is 128 cm³/mol. The van der Waals surface area contributed by atoms with E-state index in [0.717, 1.165) is 66.0 Å². The largest absolute Gasteiger partial charge is 0.487 e. The van der Waals surface area contributed by atoms with Crippen LogP contribution in [0.15, 0.2) is 47.1 Å². The zero-order chi connectivity index (χ0) is 22.3. The molecule has 4 N–H and O–H groups in total. The fourth-order valence-electron chi connectivity index (χ4n) is 3.64. The Hall–Kier alpha value is -3.24.